The van der Waals surface area contributed by atoms with Gasteiger partial charge in [-0.2, -0.15) is 0 Å². The van der Waals surface area contributed by atoms with Crippen molar-refractivity contribution >= 4 is 6.47 Å². The van der Waals surface area contributed by atoms with Gasteiger partial charge in [0.2, 0.25) is 0 Å². The average molecular weight is 213 g/mol. The molecule has 0 fully saturated rings. The highest BCUT2D eigenvalue weighted by Crippen LogP contribution is 2.14. The molecule has 0 aromatic heterocycles. The summed E-state index contributed by atoms with van der Waals surface area (Å²) >= 11 is 0. The standard InChI is InChI=1S/C10H17NO2.C2H6/c1-11-9-4-2-6-10(13-8-12)7-3-5-9;1-2/h2,6,8-11H,3-5,7H2,1H3;1-2H3/b6-2+;. The second kappa shape index (κ2) is 9.71. The Morgan fingerprint density at radius 1 is 1.40 bits per heavy atom. The lowest BCUT2D eigenvalue weighted by molar-refractivity contribution is -0.131. The molecule has 0 aromatic rings. The Hall–Kier alpha value is -0.830. The van der Waals surface area contributed by atoms with Gasteiger partial charge in [-0.15, -0.1) is 0 Å². The number of nitrogens with one attached hydrogen (secondary N) is 1. The van der Waals surface area contributed by atoms with Gasteiger partial charge in [0, 0.05) is 6.04 Å². The van der Waals surface area contributed by atoms with Crippen LogP contribution >= 0.6 is 0 Å². The summed E-state index contributed by atoms with van der Waals surface area (Å²) in [6, 6.07) is 0.577. The number of carbonyl (C=O) groups is 1. The first-order chi connectivity index (χ1) is 7.36. The van der Waals surface area contributed by atoms with E-state index >= 15 is 0 Å². The van der Waals surface area contributed by atoms with Gasteiger partial charge in [-0.05, 0) is 38.8 Å². The quantitative estimate of drug-likeness (QED) is 0.577. The van der Waals surface area contributed by atoms with Crippen LogP contribution in [0.1, 0.15) is 39.5 Å². The number of ether oxygens (including phenoxy) is 1. The van der Waals surface area contributed by atoms with Crippen LogP contribution in [0.3, 0.4) is 0 Å². The summed E-state index contributed by atoms with van der Waals surface area (Å²) in [6.45, 7) is 4.53. The van der Waals surface area contributed by atoms with Gasteiger partial charge in [0.05, 0.1) is 0 Å². The number of hydrogen-bond donors (Lipinski definition) is 1. The fourth-order valence-corrected chi connectivity index (χ4v) is 1.62. The van der Waals surface area contributed by atoms with Crippen molar-refractivity contribution < 1.29 is 9.53 Å². The van der Waals surface area contributed by atoms with Gasteiger partial charge >= 0.3 is 0 Å². The predicted octanol–water partition coefficient (Wildman–Crippen LogP) is 2.27. The minimum absolute atomic E-state index is 0.00435. The smallest absolute Gasteiger partial charge is 0.293 e. The number of carbonyl (C=O) groups excluding carboxylic acids is 1. The molecule has 1 N–H and O–H groups in total. The van der Waals surface area contributed by atoms with Gasteiger partial charge < -0.3 is 10.1 Å². The van der Waals surface area contributed by atoms with E-state index in [2.05, 4.69) is 11.4 Å². The largest absolute Gasteiger partial charge is 0.460 e. The Labute approximate surface area is 92.9 Å². The maximum absolute atomic E-state index is 10.1. The minimum atomic E-state index is -0.00435. The Bertz CT molecular complexity index is 180. The van der Waals surface area contributed by atoms with Gasteiger partial charge in [0.25, 0.3) is 6.47 Å². The van der Waals surface area contributed by atoms with Crippen LogP contribution in [-0.4, -0.2) is 25.7 Å². The third-order valence-electron chi connectivity index (χ3n) is 2.45. The molecule has 15 heavy (non-hydrogen) atoms. The summed E-state index contributed by atoms with van der Waals surface area (Å²) in [5.74, 6) is 0. The first kappa shape index (κ1) is 14.2. The molecule has 0 saturated carbocycles. The maximum Gasteiger partial charge on any atom is 0.293 e. The molecule has 3 nitrogen and oxygen atoms in total. The van der Waals surface area contributed by atoms with E-state index in [0.717, 1.165) is 25.7 Å². The van der Waals surface area contributed by atoms with E-state index in [-0.39, 0.29) is 6.10 Å². The highest BCUT2D eigenvalue weighted by molar-refractivity contribution is 5.38. The van der Waals surface area contributed by atoms with Crippen molar-refractivity contribution in [3.63, 3.8) is 0 Å². The molecular weight excluding hydrogens is 190 g/mol. The van der Waals surface area contributed by atoms with E-state index in [4.69, 9.17) is 4.74 Å². The molecule has 1 rings (SSSR count). The fraction of sp³-hybridized carbons (Fsp3) is 0.750. The van der Waals surface area contributed by atoms with Crippen molar-refractivity contribution in [1.29, 1.82) is 0 Å². The van der Waals surface area contributed by atoms with Crippen LogP contribution in [0.25, 0.3) is 0 Å². The number of rotatable bonds is 3. The van der Waals surface area contributed by atoms with E-state index in [9.17, 15) is 4.79 Å². The molecule has 3 heteroatoms. The molecule has 0 aliphatic heterocycles. The molecule has 88 valence electrons. The molecule has 0 radical (unpaired) electrons. The van der Waals surface area contributed by atoms with Crippen molar-refractivity contribution in [2.45, 2.75) is 51.7 Å². The van der Waals surface area contributed by atoms with Crippen LogP contribution in [-0.2, 0) is 9.53 Å². The molecule has 0 bridgehead atoms. The molecule has 0 heterocycles. The van der Waals surface area contributed by atoms with Gasteiger partial charge in [-0.25, -0.2) is 0 Å². The zero-order chi connectivity index (χ0) is 11.5. The highest BCUT2D eigenvalue weighted by Gasteiger charge is 2.11. The van der Waals surface area contributed by atoms with Crippen LogP contribution < -0.4 is 5.32 Å². The van der Waals surface area contributed by atoms with Crippen molar-refractivity contribution in [1.82, 2.24) is 5.32 Å². The summed E-state index contributed by atoms with van der Waals surface area (Å²) in [5, 5.41) is 3.26. The second-order valence-corrected chi connectivity index (χ2v) is 3.35. The minimum Gasteiger partial charge on any atom is -0.460 e. The van der Waals surface area contributed by atoms with Gasteiger partial charge in [-0.3, -0.25) is 4.79 Å². The van der Waals surface area contributed by atoms with Crippen molar-refractivity contribution in [3.05, 3.63) is 12.2 Å². The van der Waals surface area contributed by atoms with Crippen LogP contribution in [0.15, 0.2) is 12.2 Å². The van der Waals surface area contributed by atoms with E-state index in [1.54, 1.807) is 0 Å². The molecule has 0 aromatic carbocycles. The monoisotopic (exact) mass is 213 g/mol. The third-order valence-corrected chi connectivity index (χ3v) is 2.45. The lowest BCUT2D eigenvalue weighted by Gasteiger charge is -2.19. The molecule has 2 unspecified atom stereocenters. The molecule has 1 aliphatic carbocycles. The van der Waals surface area contributed by atoms with Gasteiger partial charge in [0.1, 0.15) is 6.10 Å². The van der Waals surface area contributed by atoms with E-state index in [0.29, 0.717) is 12.5 Å². The van der Waals surface area contributed by atoms with E-state index < -0.39 is 0 Å². The predicted molar refractivity (Wildman–Crippen MR) is 62.7 cm³/mol. The highest BCUT2D eigenvalue weighted by atomic mass is 16.5. The lowest BCUT2D eigenvalue weighted by atomic mass is 10.0. The van der Waals surface area contributed by atoms with Crippen molar-refractivity contribution in [3.8, 4) is 0 Å². The molecule has 0 saturated heterocycles. The van der Waals surface area contributed by atoms with Crippen molar-refractivity contribution in [2.75, 3.05) is 7.05 Å². The molecule has 0 amide bonds. The summed E-state index contributed by atoms with van der Waals surface area (Å²) in [7, 11) is 1.99. The summed E-state index contributed by atoms with van der Waals surface area (Å²) in [6.07, 6.45) is 8.29. The molecular formula is C12H23NO2. The van der Waals surface area contributed by atoms with Crippen LogP contribution in [0, 0.1) is 0 Å². The SMILES string of the molecule is CC.CNC1C/C=C/C(OC=O)CCC1. The Kier molecular flexibility index (Phi) is 9.18. The second-order valence-electron chi connectivity index (χ2n) is 3.35. The summed E-state index contributed by atoms with van der Waals surface area (Å²) in [5.41, 5.74) is 0. The first-order valence-electron chi connectivity index (χ1n) is 5.80. The normalized spacial score (nSPS) is 27.7. The van der Waals surface area contributed by atoms with Crippen LogP contribution in [0.2, 0.25) is 0 Å². The van der Waals surface area contributed by atoms with Crippen LogP contribution in [0.5, 0.6) is 0 Å². The van der Waals surface area contributed by atoms with Gasteiger partial charge in [0.15, 0.2) is 0 Å². The molecule has 0 spiro atoms. The average Bonchev–Trinajstić information content (AvgIpc) is 2.25. The summed E-state index contributed by atoms with van der Waals surface area (Å²) in [4.78, 5) is 10.1. The van der Waals surface area contributed by atoms with Crippen LogP contribution in [0.4, 0.5) is 0 Å². The van der Waals surface area contributed by atoms with E-state index in [1.807, 2.05) is 27.0 Å². The van der Waals surface area contributed by atoms with E-state index in [1.165, 1.54) is 0 Å². The molecule has 2 atom stereocenters. The number of hydrogen-bond acceptors (Lipinski definition) is 3. The Morgan fingerprint density at radius 2 is 2.13 bits per heavy atom. The molecule has 1 aliphatic rings. The fourth-order valence-electron chi connectivity index (χ4n) is 1.62. The zero-order valence-electron chi connectivity index (χ0n) is 10.0. The Morgan fingerprint density at radius 3 is 2.73 bits per heavy atom. The third kappa shape index (κ3) is 6.28. The first-order valence-corrected chi connectivity index (χ1v) is 5.80. The Balaban J connectivity index is 0.000000921. The topological polar surface area (TPSA) is 38.3 Å². The van der Waals surface area contributed by atoms with Gasteiger partial charge in [-0.1, -0.05) is 19.9 Å². The lowest BCUT2D eigenvalue weighted by Crippen LogP contribution is -2.26. The van der Waals surface area contributed by atoms with Crippen molar-refractivity contribution in [2.24, 2.45) is 0 Å². The zero-order valence-corrected chi connectivity index (χ0v) is 10.0. The maximum atomic E-state index is 10.1. The summed E-state index contributed by atoms with van der Waals surface area (Å²) < 4.78 is 4.90.